The van der Waals surface area contributed by atoms with Gasteiger partial charge in [0.2, 0.25) is 0 Å². The molecule has 0 saturated carbocycles. The summed E-state index contributed by atoms with van der Waals surface area (Å²) in [4.78, 5) is 12.5. The van der Waals surface area contributed by atoms with Crippen LogP contribution in [0.15, 0.2) is 78.9 Å². The topological polar surface area (TPSA) is 38.3 Å². The van der Waals surface area contributed by atoms with Crippen molar-refractivity contribution in [3.63, 3.8) is 0 Å². The van der Waals surface area contributed by atoms with Crippen LogP contribution in [-0.2, 0) is 15.1 Å². The van der Waals surface area contributed by atoms with Gasteiger partial charge in [-0.1, -0.05) is 85.8 Å². The summed E-state index contributed by atoms with van der Waals surface area (Å²) < 4.78 is 5.34. The molecule has 1 aliphatic carbocycles. The molecular formula is C24H21NO2. The minimum Gasteiger partial charge on any atom is -0.464 e. The lowest BCUT2D eigenvalue weighted by Gasteiger charge is -2.36. The summed E-state index contributed by atoms with van der Waals surface area (Å²) in [6.07, 6.45) is 0. The van der Waals surface area contributed by atoms with E-state index in [9.17, 15) is 4.79 Å². The van der Waals surface area contributed by atoms with Crippen LogP contribution in [0.3, 0.4) is 0 Å². The molecule has 1 fully saturated rings. The molecule has 3 aromatic rings. The van der Waals surface area contributed by atoms with Gasteiger partial charge in [0.1, 0.15) is 6.04 Å². The zero-order valence-electron chi connectivity index (χ0n) is 15.2. The lowest BCUT2D eigenvalue weighted by molar-refractivity contribution is -0.140. The molecule has 5 rings (SSSR count). The molecule has 1 saturated heterocycles. The van der Waals surface area contributed by atoms with Gasteiger partial charge < -0.3 is 4.74 Å². The Morgan fingerprint density at radius 2 is 1.41 bits per heavy atom. The minimum atomic E-state index is -0.573. The molecule has 0 bridgehead atoms. The van der Waals surface area contributed by atoms with E-state index in [1.807, 2.05) is 6.07 Å². The Balaban J connectivity index is 1.80. The van der Waals surface area contributed by atoms with Crippen LogP contribution in [-0.4, -0.2) is 18.6 Å². The lowest BCUT2D eigenvalue weighted by atomic mass is 9.79. The molecule has 0 radical (unpaired) electrons. The highest BCUT2D eigenvalue weighted by Gasteiger charge is 2.48. The van der Waals surface area contributed by atoms with E-state index in [2.05, 4.69) is 85.0 Å². The maximum absolute atomic E-state index is 12.5. The van der Waals surface area contributed by atoms with Crippen molar-refractivity contribution < 1.29 is 9.53 Å². The third-order valence-electron chi connectivity index (χ3n) is 5.84. The van der Waals surface area contributed by atoms with Crippen molar-refractivity contribution in [3.8, 4) is 11.1 Å². The summed E-state index contributed by atoms with van der Waals surface area (Å²) in [6.45, 7) is 2.53. The third-order valence-corrected chi connectivity index (χ3v) is 5.84. The molecule has 27 heavy (non-hydrogen) atoms. The normalized spacial score (nSPS) is 22.2. The molecule has 0 amide bonds. The van der Waals surface area contributed by atoms with Crippen molar-refractivity contribution in [3.05, 3.63) is 95.6 Å². The van der Waals surface area contributed by atoms with Gasteiger partial charge in [-0.15, -0.1) is 0 Å². The van der Waals surface area contributed by atoms with Crippen molar-refractivity contribution in [1.29, 1.82) is 0 Å². The number of nitrogens with one attached hydrogen (secondary N) is 1. The number of benzene rings is 3. The van der Waals surface area contributed by atoms with Crippen molar-refractivity contribution in [2.24, 2.45) is 5.92 Å². The first-order chi connectivity index (χ1) is 13.2. The Morgan fingerprint density at radius 1 is 0.852 bits per heavy atom. The average Bonchev–Trinajstić information content (AvgIpc) is 3.19. The standard InChI is InChI=1S/C24H21NO2/c1-16-15-27-23(26)22(16)25-24(17-9-3-2-4-10-17)20-13-7-5-11-18(20)19-12-6-8-14-21(19)24/h2-14,16,22,25H,15H2,1H3/t16-,22+/m1/s1. The van der Waals surface area contributed by atoms with E-state index in [1.165, 1.54) is 22.3 Å². The second-order valence-corrected chi connectivity index (χ2v) is 7.44. The molecule has 2 atom stereocenters. The number of fused-ring (bicyclic) bond motifs is 3. The summed E-state index contributed by atoms with van der Waals surface area (Å²) in [7, 11) is 0. The molecule has 2 aliphatic rings. The highest BCUT2D eigenvalue weighted by Crippen LogP contribution is 2.51. The first-order valence-corrected chi connectivity index (χ1v) is 9.41. The van der Waals surface area contributed by atoms with Crippen LogP contribution < -0.4 is 5.32 Å². The van der Waals surface area contributed by atoms with Crippen LogP contribution in [0.1, 0.15) is 23.6 Å². The minimum absolute atomic E-state index is 0.123. The van der Waals surface area contributed by atoms with Crippen LogP contribution in [0.25, 0.3) is 11.1 Å². The highest BCUT2D eigenvalue weighted by molar-refractivity contribution is 5.84. The first-order valence-electron chi connectivity index (χ1n) is 9.41. The van der Waals surface area contributed by atoms with Gasteiger partial charge in [0, 0.05) is 5.92 Å². The van der Waals surface area contributed by atoms with Crippen LogP contribution >= 0.6 is 0 Å². The summed E-state index contributed by atoms with van der Waals surface area (Å²) in [5.41, 5.74) is 5.35. The van der Waals surface area contributed by atoms with Crippen LogP contribution in [0, 0.1) is 5.92 Å². The number of hydrogen-bond acceptors (Lipinski definition) is 3. The van der Waals surface area contributed by atoms with Crippen LogP contribution in [0.4, 0.5) is 0 Å². The van der Waals surface area contributed by atoms with E-state index >= 15 is 0 Å². The Bertz CT molecular complexity index is 966. The molecule has 134 valence electrons. The van der Waals surface area contributed by atoms with E-state index in [-0.39, 0.29) is 17.9 Å². The quantitative estimate of drug-likeness (QED) is 0.719. The van der Waals surface area contributed by atoms with Crippen molar-refractivity contribution >= 4 is 5.97 Å². The number of esters is 1. The average molecular weight is 355 g/mol. The van der Waals surface area contributed by atoms with Gasteiger partial charge in [0.05, 0.1) is 12.1 Å². The zero-order valence-corrected chi connectivity index (χ0v) is 15.2. The maximum Gasteiger partial charge on any atom is 0.323 e. The Hall–Kier alpha value is -2.91. The summed E-state index contributed by atoms with van der Waals surface area (Å²) in [5, 5.41) is 3.74. The number of ether oxygens (including phenoxy) is 1. The summed E-state index contributed by atoms with van der Waals surface area (Å²) in [6, 6.07) is 27.0. The number of rotatable bonds is 3. The molecule has 3 nitrogen and oxygen atoms in total. The molecular weight excluding hydrogens is 334 g/mol. The van der Waals surface area contributed by atoms with E-state index in [1.54, 1.807) is 0 Å². The van der Waals surface area contributed by atoms with Crippen LogP contribution in [0.2, 0.25) is 0 Å². The summed E-state index contributed by atoms with van der Waals surface area (Å²) in [5.74, 6) is -0.0438. The van der Waals surface area contributed by atoms with Gasteiger partial charge in [-0.2, -0.15) is 0 Å². The predicted molar refractivity (Wildman–Crippen MR) is 105 cm³/mol. The fraction of sp³-hybridized carbons (Fsp3) is 0.208. The van der Waals surface area contributed by atoms with Gasteiger partial charge in [-0.05, 0) is 27.8 Å². The van der Waals surface area contributed by atoms with Gasteiger partial charge in [-0.3, -0.25) is 10.1 Å². The van der Waals surface area contributed by atoms with Gasteiger partial charge >= 0.3 is 5.97 Å². The van der Waals surface area contributed by atoms with Gasteiger partial charge in [0.15, 0.2) is 0 Å². The molecule has 1 N–H and O–H groups in total. The smallest absolute Gasteiger partial charge is 0.323 e. The number of cyclic esters (lactones) is 1. The fourth-order valence-corrected chi connectivity index (χ4v) is 4.54. The Labute approximate surface area is 159 Å². The molecule has 3 aromatic carbocycles. The zero-order chi connectivity index (χ0) is 18.4. The van der Waals surface area contributed by atoms with Crippen molar-refractivity contribution in [2.45, 2.75) is 18.5 Å². The Morgan fingerprint density at radius 3 is 1.96 bits per heavy atom. The van der Waals surface area contributed by atoms with Gasteiger partial charge in [0.25, 0.3) is 0 Å². The number of carbonyl (C=O) groups is 1. The SMILES string of the molecule is C[C@@H]1COC(=O)[C@H]1NC1(c2ccccc2)c2ccccc2-c2ccccc21. The molecule has 1 heterocycles. The van der Waals surface area contributed by atoms with Gasteiger partial charge in [-0.25, -0.2) is 0 Å². The largest absolute Gasteiger partial charge is 0.464 e. The highest BCUT2D eigenvalue weighted by atomic mass is 16.5. The number of hydrogen-bond donors (Lipinski definition) is 1. The second-order valence-electron chi connectivity index (χ2n) is 7.44. The van der Waals surface area contributed by atoms with Crippen molar-refractivity contribution in [1.82, 2.24) is 5.32 Å². The first kappa shape index (κ1) is 16.3. The lowest BCUT2D eigenvalue weighted by Crippen LogP contribution is -2.52. The molecule has 0 spiro atoms. The van der Waals surface area contributed by atoms with E-state index in [0.29, 0.717) is 6.61 Å². The maximum atomic E-state index is 12.5. The fourth-order valence-electron chi connectivity index (χ4n) is 4.54. The predicted octanol–water partition coefficient (Wildman–Crippen LogP) is 4.11. The second kappa shape index (κ2) is 6.07. The molecule has 3 heteroatoms. The molecule has 1 aliphatic heterocycles. The summed E-state index contributed by atoms with van der Waals surface area (Å²) >= 11 is 0. The number of carbonyl (C=O) groups excluding carboxylic acids is 1. The van der Waals surface area contributed by atoms with E-state index in [4.69, 9.17) is 4.74 Å². The van der Waals surface area contributed by atoms with Crippen LogP contribution in [0.5, 0.6) is 0 Å². The molecule has 0 unspecified atom stereocenters. The Kier molecular flexibility index (Phi) is 3.66. The van der Waals surface area contributed by atoms with Crippen molar-refractivity contribution in [2.75, 3.05) is 6.61 Å². The monoisotopic (exact) mass is 355 g/mol. The van der Waals surface area contributed by atoms with E-state index in [0.717, 1.165) is 5.56 Å². The molecule has 0 aromatic heterocycles. The van der Waals surface area contributed by atoms with E-state index < -0.39 is 5.54 Å². The third kappa shape index (κ3) is 2.28.